The first-order valence-corrected chi connectivity index (χ1v) is 5.41. The van der Waals surface area contributed by atoms with Crippen LogP contribution in [0.1, 0.15) is 47.0 Å². The van der Waals surface area contributed by atoms with Crippen molar-refractivity contribution in [1.29, 1.82) is 0 Å². The van der Waals surface area contributed by atoms with Crippen LogP contribution in [0.15, 0.2) is 23.8 Å². The smallest absolute Gasteiger partial charge is 0.00253 e. The monoisotopic (exact) mass is 178 g/mol. The van der Waals surface area contributed by atoms with E-state index in [0.29, 0.717) is 11.3 Å². The molecule has 1 aliphatic carbocycles. The van der Waals surface area contributed by atoms with Crippen molar-refractivity contribution in [2.75, 3.05) is 0 Å². The molecule has 0 unspecified atom stereocenters. The highest BCUT2D eigenvalue weighted by molar-refractivity contribution is 5.18. The van der Waals surface area contributed by atoms with Crippen LogP contribution in [-0.2, 0) is 0 Å². The summed E-state index contributed by atoms with van der Waals surface area (Å²) >= 11 is 0. The predicted molar refractivity (Wildman–Crippen MR) is 59.7 cm³/mol. The fraction of sp³-hybridized carbons (Fsp3) is 0.692. The van der Waals surface area contributed by atoms with Crippen molar-refractivity contribution in [2.24, 2.45) is 11.3 Å². The standard InChI is InChI=1S/C13H22/c1-5-6-9-12-11(2)8-7-10-13(12,3)4/h6,8-9,12H,5,7,10H2,1-4H3/b9-6+/t12-/m0/s1. The molecule has 0 amide bonds. The van der Waals surface area contributed by atoms with E-state index >= 15 is 0 Å². The van der Waals surface area contributed by atoms with Gasteiger partial charge in [0.25, 0.3) is 0 Å². The Labute approximate surface area is 82.7 Å². The molecule has 0 aromatic heterocycles. The van der Waals surface area contributed by atoms with Gasteiger partial charge in [0.2, 0.25) is 0 Å². The normalized spacial score (nSPS) is 27.7. The zero-order valence-electron chi connectivity index (χ0n) is 9.43. The van der Waals surface area contributed by atoms with Crippen molar-refractivity contribution >= 4 is 0 Å². The minimum atomic E-state index is 0.463. The lowest BCUT2D eigenvalue weighted by Crippen LogP contribution is -2.26. The van der Waals surface area contributed by atoms with Gasteiger partial charge in [0.05, 0.1) is 0 Å². The molecule has 0 saturated heterocycles. The first kappa shape index (κ1) is 10.6. The molecule has 1 aliphatic rings. The topological polar surface area (TPSA) is 0 Å². The van der Waals surface area contributed by atoms with Crippen LogP contribution in [0.5, 0.6) is 0 Å². The molecule has 0 saturated carbocycles. The Kier molecular flexibility index (Phi) is 3.35. The molecule has 13 heavy (non-hydrogen) atoms. The van der Waals surface area contributed by atoms with E-state index in [1.807, 2.05) is 0 Å². The Morgan fingerprint density at radius 1 is 1.54 bits per heavy atom. The lowest BCUT2D eigenvalue weighted by molar-refractivity contribution is 0.255. The van der Waals surface area contributed by atoms with Gasteiger partial charge in [-0.05, 0) is 31.6 Å². The van der Waals surface area contributed by atoms with Gasteiger partial charge >= 0.3 is 0 Å². The van der Waals surface area contributed by atoms with Gasteiger partial charge in [-0.2, -0.15) is 0 Å². The summed E-state index contributed by atoms with van der Waals surface area (Å²) in [5.74, 6) is 0.668. The van der Waals surface area contributed by atoms with Crippen LogP contribution in [0.25, 0.3) is 0 Å². The summed E-state index contributed by atoms with van der Waals surface area (Å²) < 4.78 is 0. The summed E-state index contributed by atoms with van der Waals surface area (Å²) in [6.45, 7) is 9.24. The van der Waals surface area contributed by atoms with Gasteiger partial charge < -0.3 is 0 Å². The van der Waals surface area contributed by atoms with E-state index in [1.165, 1.54) is 12.8 Å². The summed E-state index contributed by atoms with van der Waals surface area (Å²) in [6.07, 6.45) is 10.8. The zero-order valence-corrected chi connectivity index (χ0v) is 9.43. The van der Waals surface area contributed by atoms with Gasteiger partial charge in [0.15, 0.2) is 0 Å². The minimum absolute atomic E-state index is 0.463. The molecule has 0 aromatic rings. The highest BCUT2D eigenvalue weighted by Gasteiger charge is 2.30. The van der Waals surface area contributed by atoms with Crippen LogP contribution in [-0.4, -0.2) is 0 Å². The van der Waals surface area contributed by atoms with E-state index in [1.54, 1.807) is 5.57 Å². The number of rotatable bonds is 2. The number of hydrogen-bond donors (Lipinski definition) is 0. The summed E-state index contributed by atoms with van der Waals surface area (Å²) in [7, 11) is 0. The molecule has 0 bridgehead atoms. The Morgan fingerprint density at radius 2 is 2.23 bits per heavy atom. The first-order valence-electron chi connectivity index (χ1n) is 5.41. The van der Waals surface area contributed by atoms with E-state index < -0.39 is 0 Å². The zero-order chi connectivity index (χ0) is 9.90. The maximum absolute atomic E-state index is 2.40. The molecule has 0 heteroatoms. The molecule has 0 fully saturated rings. The molecule has 0 heterocycles. The van der Waals surface area contributed by atoms with Crippen molar-refractivity contribution < 1.29 is 0 Å². The first-order chi connectivity index (χ1) is 6.08. The van der Waals surface area contributed by atoms with Gasteiger partial charge in [-0.25, -0.2) is 0 Å². The lowest BCUT2D eigenvalue weighted by Gasteiger charge is -2.36. The van der Waals surface area contributed by atoms with Crippen molar-refractivity contribution in [2.45, 2.75) is 47.0 Å². The minimum Gasteiger partial charge on any atom is -0.0882 e. The maximum Gasteiger partial charge on any atom is 0.00253 e. The predicted octanol–water partition coefficient (Wildman–Crippen LogP) is 4.34. The second-order valence-corrected chi connectivity index (χ2v) is 4.79. The quantitative estimate of drug-likeness (QED) is 0.552. The molecule has 0 spiro atoms. The van der Waals surface area contributed by atoms with Crippen LogP contribution >= 0.6 is 0 Å². The van der Waals surface area contributed by atoms with E-state index in [2.05, 4.69) is 45.9 Å². The maximum atomic E-state index is 2.40. The van der Waals surface area contributed by atoms with Crippen molar-refractivity contribution in [1.82, 2.24) is 0 Å². The fourth-order valence-corrected chi connectivity index (χ4v) is 2.26. The molecule has 74 valence electrons. The van der Waals surface area contributed by atoms with Crippen molar-refractivity contribution in [3.8, 4) is 0 Å². The van der Waals surface area contributed by atoms with Crippen LogP contribution in [0.4, 0.5) is 0 Å². The number of hydrogen-bond acceptors (Lipinski definition) is 0. The highest BCUT2D eigenvalue weighted by Crippen LogP contribution is 2.41. The van der Waals surface area contributed by atoms with Gasteiger partial charge in [-0.15, -0.1) is 0 Å². The Morgan fingerprint density at radius 3 is 2.77 bits per heavy atom. The average molecular weight is 178 g/mol. The van der Waals surface area contributed by atoms with Gasteiger partial charge in [-0.1, -0.05) is 44.6 Å². The number of allylic oxidation sites excluding steroid dienone is 4. The van der Waals surface area contributed by atoms with Crippen LogP contribution < -0.4 is 0 Å². The Hall–Kier alpha value is -0.520. The third-order valence-electron chi connectivity index (χ3n) is 3.15. The SMILES string of the molecule is CC/C=C/[C@H]1C(C)=CCCC1(C)C. The largest absolute Gasteiger partial charge is 0.0882 e. The second-order valence-electron chi connectivity index (χ2n) is 4.79. The summed E-state index contributed by atoms with van der Waals surface area (Å²) in [5, 5.41) is 0. The van der Waals surface area contributed by atoms with Crippen LogP contribution in [0.3, 0.4) is 0 Å². The van der Waals surface area contributed by atoms with E-state index in [4.69, 9.17) is 0 Å². The molecular formula is C13H22. The summed E-state index contributed by atoms with van der Waals surface area (Å²) in [5.41, 5.74) is 2.02. The molecule has 0 N–H and O–H groups in total. The van der Waals surface area contributed by atoms with Gasteiger partial charge in [0.1, 0.15) is 0 Å². The summed E-state index contributed by atoms with van der Waals surface area (Å²) in [6, 6.07) is 0. The van der Waals surface area contributed by atoms with Crippen LogP contribution in [0, 0.1) is 11.3 Å². The third-order valence-corrected chi connectivity index (χ3v) is 3.15. The van der Waals surface area contributed by atoms with Gasteiger partial charge in [0, 0.05) is 5.92 Å². The van der Waals surface area contributed by atoms with Gasteiger partial charge in [-0.3, -0.25) is 0 Å². The lowest BCUT2D eigenvalue weighted by atomic mass is 9.68. The second kappa shape index (κ2) is 4.13. The van der Waals surface area contributed by atoms with Crippen LogP contribution in [0.2, 0.25) is 0 Å². The summed E-state index contributed by atoms with van der Waals surface area (Å²) in [4.78, 5) is 0. The van der Waals surface area contributed by atoms with E-state index in [9.17, 15) is 0 Å². The van der Waals surface area contributed by atoms with E-state index in [0.717, 1.165) is 6.42 Å². The molecule has 0 radical (unpaired) electrons. The Bertz CT molecular complexity index is 218. The molecule has 0 aliphatic heterocycles. The van der Waals surface area contributed by atoms with Crippen molar-refractivity contribution in [3.05, 3.63) is 23.8 Å². The molecule has 0 nitrogen and oxygen atoms in total. The Balaban J connectivity index is 2.81. The molecule has 1 atom stereocenters. The average Bonchev–Trinajstić information content (AvgIpc) is 2.02. The molecule has 1 rings (SSSR count). The van der Waals surface area contributed by atoms with E-state index in [-0.39, 0.29) is 0 Å². The molecule has 0 aromatic carbocycles. The highest BCUT2D eigenvalue weighted by atomic mass is 14.3. The third kappa shape index (κ3) is 2.46. The fourth-order valence-electron chi connectivity index (χ4n) is 2.26. The van der Waals surface area contributed by atoms with Crippen molar-refractivity contribution in [3.63, 3.8) is 0 Å². The molecular weight excluding hydrogens is 156 g/mol.